The summed E-state index contributed by atoms with van der Waals surface area (Å²) in [5.74, 6) is 0.904. The number of hydrogen-bond acceptors (Lipinski definition) is 3. The van der Waals surface area contributed by atoms with E-state index in [0.717, 1.165) is 35.7 Å². The van der Waals surface area contributed by atoms with Crippen molar-refractivity contribution in [1.82, 2.24) is 0 Å². The average Bonchev–Trinajstić information content (AvgIpc) is 2.45. The van der Waals surface area contributed by atoms with Crippen molar-refractivity contribution in [3.05, 3.63) is 53.6 Å². The molecule has 0 saturated carbocycles. The molecule has 0 unspecified atom stereocenters. The number of nitrogens with two attached hydrogens (primary N) is 1. The second-order valence-electron chi connectivity index (χ2n) is 4.90. The van der Waals surface area contributed by atoms with Gasteiger partial charge in [-0.3, -0.25) is 0 Å². The summed E-state index contributed by atoms with van der Waals surface area (Å²) in [4.78, 5) is 0. The summed E-state index contributed by atoms with van der Waals surface area (Å²) in [6, 6.07) is 14.1. The van der Waals surface area contributed by atoms with Crippen molar-refractivity contribution < 1.29 is 4.74 Å². The highest BCUT2D eigenvalue weighted by atomic mass is 16.5. The SMILES string of the molecule is CCCOc1cc(C)ccc1NCc1ccccc1N. The fourth-order valence-electron chi connectivity index (χ4n) is 1.99. The minimum atomic E-state index is 0.693. The predicted molar refractivity (Wildman–Crippen MR) is 85.1 cm³/mol. The molecule has 0 spiro atoms. The van der Waals surface area contributed by atoms with Crippen LogP contribution in [0.1, 0.15) is 24.5 Å². The molecule has 0 fully saturated rings. The van der Waals surface area contributed by atoms with E-state index >= 15 is 0 Å². The molecule has 3 N–H and O–H groups in total. The minimum absolute atomic E-state index is 0.693. The second kappa shape index (κ2) is 6.85. The first-order valence-corrected chi connectivity index (χ1v) is 7.01. The summed E-state index contributed by atoms with van der Waals surface area (Å²) in [5.41, 5.74) is 10.1. The molecule has 20 heavy (non-hydrogen) atoms. The van der Waals surface area contributed by atoms with Crippen LogP contribution in [-0.4, -0.2) is 6.61 Å². The highest BCUT2D eigenvalue weighted by molar-refractivity contribution is 5.59. The zero-order valence-corrected chi connectivity index (χ0v) is 12.1. The molecule has 0 aliphatic rings. The molecule has 0 heterocycles. The standard InChI is InChI=1S/C17H22N2O/c1-3-10-20-17-11-13(2)8-9-16(17)19-12-14-6-4-5-7-15(14)18/h4-9,11,19H,3,10,12,18H2,1-2H3. The van der Waals surface area contributed by atoms with E-state index in [2.05, 4.69) is 37.4 Å². The van der Waals surface area contributed by atoms with Crippen LogP contribution in [0.25, 0.3) is 0 Å². The van der Waals surface area contributed by atoms with Gasteiger partial charge in [0.05, 0.1) is 12.3 Å². The molecule has 0 saturated heterocycles. The van der Waals surface area contributed by atoms with Crippen LogP contribution in [0.4, 0.5) is 11.4 Å². The van der Waals surface area contributed by atoms with Crippen molar-refractivity contribution in [3.63, 3.8) is 0 Å². The summed E-state index contributed by atoms with van der Waals surface area (Å²) in [7, 11) is 0. The lowest BCUT2D eigenvalue weighted by Crippen LogP contribution is -2.05. The molecule has 0 aliphatic carbocycles. The van der Waals surface area contributed by atoms with Gasteiger partial charge in [-0.2, -0.15) is 0 Å². The van der Waals surface area contributed by atoms with Crippen LogP contribution >= 0.6 is 0 Å². The van der Waals surface area contributed by atoms with Crippen LogP contribution in [0.5, 0.6) is 5.75 Å². The number of para-hydroxylation sites is 1. The van der Waals surface area contributed by atoms with Crippen LogP contribution in [-0.2, 0) is 6.54 Å². The van der Waals surface area contributed by atoms with Crippen molar-refractivity contribution in [3.8, 4) is 5.75 Å². The number of nitrogen functional groups attached to an aromatic ring is 1. The largest absolute Gasteiger partial charge is 0.491 e. The first-order valence-electron chi connectivity index (χ1n) is 7.01. The molecule has 0 aromatic heterocycles. The average molecular weight is 270 g/mol. The summed E-state index contributed by atoms with van der Waals surface area (Å²) >= 11 is 0. The Kier molecular flexibility index (Phi) is 4.88. The van der Waals surface area contributed by atoms with E-state index in [1.807, 2.05) is 24.3 Å². The molecule has 2 aromatic carbocycles. The normalized spacial score (nSPS) is 10.3. The molecule has 0 aliphatic heterocycles. The van der Waals surface area contributed by atoms with Gasteiger partial charge in [-0.15, -0.1) is 0 Å². The van der Waals surface area contributed by atoms with Crippen LogP contribution in [0.15, 0.2) is 42.5 Å². The van der Waals surface area contributed by atoms with Crippen LogP contribution < -0.4 is 15.8 Å². The highest BCUT2D eigenvalue weighted by Gasteiger charge is 2.05. The topological polar surface area (TPSA) is 47.3 Å². The van der Waals surface area contributed by atoms with E-state index in [9.17, 15) is 0 Å². The Morgan fingerprint density at radius 3 is 2.70 bits per heavy atom. The molecule has 0 atom stereocenters. The van der Waals surface area contributed by atoms with Gasteiger partial charge in [0, 0.05) is 12.2 Å². The van der Waals surface area contributed by atoms with E-state index in [-0.39, 0.29) is 0 Å². The maximum atomic E-state index is 5.96. The molecule has 2 aromatic rings. The first-order chi connectivity index (χ1) is 9.70. The number of nitrogens with one attached hydrogen (secondary N) is 1. The summed E-state index contributed by atoms with van der Waals surface area (Å²) in [6.45, 7) is 5.59. The van der Waals surface area contributed by atoms with Gasteiger partial charge in [-0.25, -0.2) is 0 Å². The van der Waals surface area contributed by atoms with Crippen LogP contribution in [0.3, 0.4) is 0 Å². The third-order valence-electron chi connectivity index (χ3n) is 3.12. The van der Waals surface area contributed by atoms with E-state index in [1.165, 1.54) is 5.56 Å². The highest BCUT2D eigenvalue weighted by Crippen LogP contribution is 2.27. The smallest absolute Gasteiger partial charge is 0.142 e. The fourth-order valence-corrected chi connectivity index (χ4v) is 1.99. The van der Waals surface area contributed by atoms with Gasteiger partial charge in [0.25, 0.3) is 0 Å². The summed E-state index contributed by atoms with van der Waals surface area (Å²) < 4.78 is 5.79. The Morgan fingerprint density at radius 1 is 1.15 bits per heavy atom. The maximum Gasteiger partial charge on any atom is 0.142 e. The van der Waals surface area contributed by atoms with Crippen molar-refractivity contribution in [2.75, 3.05) is 17.7 Å². The quantitative estimate of drug-likeness (QED) is 0.781. The van der Waals surface area contributed by atoms with Crippen molar-refractivity contribution in [2.24, 2.45) is 0 Å². The molecule has 0 radical (unpaired) electrons. The second-order valence-corrected chi connectivity index (χ2v) is 4.90. The lowest BCUT2D eigenvalue weighted by molar-refractivity contribution is 0.318. The maximum absolute atomic E-state index is 5.96. The number of ether oxygens (including phenoxy) is 1. The molecule has 3 heteroatoms. The van der Waals surface area contributed by atoms with Crippen LogP contribution in [0.2, 0.25) is 0 Å². The summed E-state index contributed by atoms with van der Waals surface area (Å²) in [6.07, 6.45) is 0.999. The number of hydrogen-bond donors (Lipinski definition) is 2. The Balaban J connectivity index is 2.10. The third kappa shape index (κ3) is 3.67. The number of anilines is 2. The monoisotopic (exact) mass is 270 g/mol. The van der Waals surface area contributed by atoms with E-state index in [4.69, 9.17) is 10.5 Å². The van der Waals surface area contributed by atoms with Gasteiger partial charge in [0.2, 0.25) is 0 Å². The van der Waals surface area contributed by atoms with E-state index in [1.54, 1.807) is 0 Å². The summed E-state index contributed by atoms with van der Waals surface area (Å²) in [5, 5.41) is 3.40. The van der Waals surface area contributed by atoms with Crippen molar-refractivity contribution in [2.45, 2.75) is 26.8 Å². The number of aryl methyl sites for hydroxylation is 1. The van der Waals surface area contributed by atoms with Gasteiger partial charge in [0.1, 0.15) is 5.75 Å². The van der Waals surface area contributed by atoms with E-state index in [0.29, 0.717) is 6.54 Å². The Morgan fingerprint density at radius 2 is 1.95 bits per heavy atom. The Bertz CT molecular complexity index is 567. The molecule has 106 valence electrons. The molecule has 0 amide bonds. The van der Waals surface area contributed by atoms with Crippen LogP contribution in [0, 0.1) is 6.92 Å². The molecule has 2 rings (SSSR count). The van der Waals surface area contributed by atoms with E-state index < -0.39 is 0 Å². The molecular formula is C17H22N2O. The first kappa shape index (κ1) is 14.3. The number of rotatable bonds is 6. The predicted octanol–water partition coefficient (Wildman–Crippen LogP) is 3.98. The molecular weight excluding hydrogens is 248 g/mol. The Labute approximate surface area is 120 Å². The van der Waals surface area contributed by atoms with Gasteiger partial charge in [0.15, 0.2) is 0 Å². The number of benzene rings is 2. The van der Waals surface area contributed by atoms with Gasteiger partial charge >= 0.3 is 0 Å². The third-order valence-corrected chi connectivity index (χ3v) is 3.12. The lowest BCUT2D eigenvalue weighted by Gasteiger charge is -2.14. The molecule has 3 nitrogen and oxygen atoms in total. The fraction of sp³-hybridized carbons (Fsp3) is 0.294. The minimum Gasteiger partial charge on any atom is -0.491 e. The Hall–Kier alpha value is -2.16. The lowest BCUT2D eigenvalue weighted by atomic mass is 10.1. The molecule has 0 bridgehead atoms. The van der Waals surface area contributed by atoms with Crippen molar-refractivity contribution >= 4 is 11.4 Å². The van der Waals surface area contributed by atoms with Gasteiger partial charge in [-0.05, 0) is 42.7 Å². The zero-order chi connectivity index (χ0) is 14.4. The van der Waals surface area contributed by atoms with Gasteiger partial charge < -0.3 is 15.8 Å². The van der Waals surface area contributed by atoms with Gasteiger partial charge in [-0.1, -0.05) is 31.2 Å². The zero-order valence-electron chi connectivity index (χ0n) is 12.1. The van der Waals surface area contributed by atoms with Crippen molar-refractivity contribution in [1.29, 1.82) is 0 Å².